The van der Waals surface area contributed by atoms with Gasteiger partial charge in [-0.05, 0) is 38.7 Å². The number of aromatic nitrogens is 1. The zero-order valence-corrected chi connectivity index (χ0v) is 19.2. The highest BCUT2D eigenvalue weighted by Crippen LogP contribution is 2.35. The Kier molecular flexibility index (Phi) is 6.77. The van der Waals surface area contributed by atoms with Crippen LogP contribution in [0.1, 0.15) is 63.1 Å². The SMILES string of the molecule is CCOc1cccc2c3c([nH]c12)CCN(C(=O)C1CCCCC1)C3.N#CC1(NC(=O)O)CC1. The third kappa shape index (κ3) is 5.08. The van der Waals surface area contributed by atoms with E-state index in [2.05, 4.69) is 21.3 Å². The molecule has 8 heteroatoms. The van der Waals surface area contributed by atoms with Crippen LogP contribution >= 0.6 is 0 Å². The number of carbonyl (C=O) groups is 2. The van der Waals surface area contributed by atoms with E-state index in [9.17, 15) is 9.59 Å². The Morgan fingerprint density at radius 1 is 1.30 bits per heavy atom. The van der Waals surface area contributed by atoms with E-state index in [1.165, 1.54) is 35.9 Å². The van der Waals surface area contributed by atoms with Crippen LogP contribution in [-0.4, -0.2) is 45.7 Å². The van der Waals surface area contributed by atoms with Crippen LogP contribution in [0.25, 0.3) is 10.9 Å². The molecule has 2 heterocycles. The maximum atomic E-state index is 12.9. The molecule has 0 unspecified atom stereocenters. The molecule has 0 spiro atoms. The van der Waals surface area contributed by atoms with E-state index < -0.39 is 11.6 Å². The molecule has 0 radical (unpaired) electrons. The topological polar surface area (TPSA) is 118 Å². The van der Waals surface area contributed by atoms with Crippen molar-refractivity contribution in [3.8, 4) is 11.8 Å². The number of aromatic amines is 1. The van der Waals surface area contributed by atoms with Gasteiger partial charge in [0, 0.05) is 42.1 Å². The van der Waals surface area contributed by atoms with Crippen LogP contribution in [-0.2, 0) is 17.8 Å². The Bertz CT molecular complexity index is 1060. The number of nitrogens with zero attached hydrogens (tertiary/aromatic N) is 2. The summed E-state index contributed by atoms with van der Waals surface area (Å²) in [4.78, 5) is 28.5. The number of nitrogens with one attached hydrogen (secondary N) is 2. The number of para-hydroxylation sites is 1. The molecule has 5 rings (SSSR count). The maximum absolute atomic E-state index is 12.9. The number of hydrogen-bond acceptors (Lipinski definition) is 4. The molecule has 2 aliphatic carbocycles. The summed E-state index contributed by atoms with van der Waals surface area (Å²) in [5, 5.41) is 19.8. The van der Waals surface area contributed by atoms with Gasteiger partial charge in [0.1, 0.15) is 11.3 Å². The number of H-pyrrole nitrogens is 1. The number of nitriles is 1. The van der Waals surface area contributed by atoms with Gasteiger partial charge in [-0.2, -0.15) is 5.26 Å². The first kappa shape index (κ1) is 23.0. The third-order valence-electron chi connectivity index (χ3n) is 6.85. The number of rotatable bonds is 4. The predicted molar refractivity (Wildman–Crippen MR) is 124 cm³/mol. The number of ether oxygens (including phenoxy) is 1. The van der Waals surface area contributed by atoms with Crippen molar-refractivity contribution in [2.45, 2.75) is 70.4 Å². The Balaban J connectivity index is 0.000000243. The van der Waals surface area contributed by atoms with Gasteiger partial charge in [-0.1, -0.05) is 31.4 Å². The van der Waals surface area contributed by atoms with Crippen molar-refractivity contribution < 1.29 is 19.4 Å². The summed E-state index contributed by atoms with van der Waals surface area (Å²) in [7, 11) is 0. The monoisotopic (exact) mass is 452 g/mol. The minimum Gasteiger partial charge on any atom is -0.492 e. The van der Waals surface area contributed by atoms with Gasteiger partial charge in [-0.15, -0.1) is 0 Å². The number of hydrogen-bond donors (Lipinski definition) is 3. The number of amides is 2. The highest BCUT2D eigenvalue weighted by atomic mass is 16.5. The lowest BCUT2D eigenvalue weighted by molar-refractivity contribution is -0.137. The zero-order chi connectivity index (χ0) is 23.4. The summed E-state index contributed by atoms with van der Waals surface area (Å²) in [5.74, 6) is 1.54. The van der Waals surface area contributed by atoms with Gasteiger partial charge >= 0.3 is 6.09 Å². The number of fused-ring (bicyclic) bond motifs is 3. The molecule has 0 bridgehead atoms. The van der Waals surface area contributed by atoms with Crippen LogP contribution in [0.2, 0.25) is 0 Å². The smallest absolute Gasteiger partial charge is 0.405 e. The molecule has 2 saturated carbocycles. The van der Waals surface area contributed by atoms with Crippen LogP contribution < -0.4 is 10.1 Å². The van der Waals surface area contributed by atoms with Crippen molar-refractivity contribution in [1.29, 1.82) is 5.26 Å². The molecular weight excluding hydrogens is 420 g/mol. The minimum atomic E-state index is -1.12. The van der Waals surface area contributed by atoms with Gasteiger partial charge in [-0.3, -0.25) is 4.79 Å². The van der Waals surface area contributed by atoms with E-state index in [1.54, 1.807) is 0 Å². The molecule has 2 amide bonds. The van der Waals surface area contributed by atoms with Gasteiger partial charge in [-0.25, -0.2) is 4.79 Å². The first-order valence-corrected chi connectivity index (χ1v) is 11.9. The second kappa shape index (κ2) is 9.74. The second-order valence-corrected chi connectivity index (χ2v) is 9.16. The molecule has 0 atom stereocenters. The Morgan fingerprint density at radius 3 is 2.67 bits per heavy atom. The lowest BCUT2D eigenvalue weighted by Crippen LogP contribution is -2.40. The normalized spacial score (nSPS) is 19.0. The summed E-state index contributed by atoms with van der Waals surface area (Å²) < 4.78 is 5.75. The Hall–Kier alpha value is -3.21. The van der Waals surface area contributed by atoms with E-state index in [0.717, 1.165) is 43.6 Å². The fourth-order valence-corrected chi connectivity index (χ4v) is 4.88. The van der Waals surface area contributed by atoms with Gasteiger partial charge in [0.05, 0.1) is 18.2 Å². The van der Waals surface area contributed by atoms with Crippen LogP contribution in [0, 0.1) is 17.2 Å². The number of carbonyl (C=O) groups excluding carboxylic acids is 1. The van der Waals surface area contributed by atoms with Crippen LogP contribution in [0.4, 0.5) is 4.79 Å². The predicted octanol–water partition coefficient (Wildman–Crippen LogP) is 4.34. The van der Waals surface area contributed by atoms with Crippen molar-refractivity contribution in [3.05, 3.63) is 29.5 Å². The van der Waals surface area contributed by atoms with Gasteiger partial charge in [0.2, 0.25) is 5.91 Å². The highest BCUT2D eigenvalue weighted by Gasteiger charge is 2.44. The van der Waals surface area contributed by atoms with E-state index in [-0.39, 0.29) is 5.92 Å². The molecule has 1 aromatic heterocycles. The average Bonchev–Trinajstić information content (AvgIpc) is 3.50. The maximum Gasteiger partial charge on any atom is 0.405 e. The largest absolute Gasteiger partial charge is 0.492 e. The quantitative estimate of drug-likeness (QED) is 0.638. The van der Waals surface area contributed by atoms with E-state index in [0.29, 0.717) is 25.4 Å². The molecule has 3 N–H and O–H groups in total. The molecule has 33 heavy (non-hydrogen) atoms. The molecular formula is C25H32N4O4. The van der Waals surface area contributed by atoms with Crippen LogP contribution in [0.5, 0.6) is 5.75 Å². The van der Waals surface area contributed by atoms with Crippen molar-refractivity contribution in [1.82, 2.24) is 15.2 Å². The lowest BCUT2D eigenvalue weighted by Gasteiger charge is -2.32. The number of benzene rings is 1. The standard InChI is InChI=1S/C20H26N2O2.C5H6N2O2/c1-2-24-18-10-6-9-15-16-13-22(12-11-17(16)21-19(15)18)20(23)14-7-4-3-5-8-14;6-3-5(1-2-5)7-4(8)9/h6,9-10,14,21H,2-5,7-8,11-13H2,1H3;7H,1-2H2,(H,8,9). The van der Waals surface area contributed by atoms with Crippen molar-refractivity contribution >= 4 is 22.9 Å². The fraction of sp³-hybridized carbons (Fsp3) is 0.560. The van der Waals surface area contributed by atoms with Crippen LogP contribution in [0.3, 0.4) is 0 Å². The zero-order valence-electron chi connectivity index (χ0n) is 19.2. The summed E-state index contributed by atoms with van der Waals surface area (Å²) in [6.45, 7) is 4.24. The Labute approximate surface area is 193 Å². The first-order valence-electron chi connectivity index (χ1n) is 11.9. The Morgan fingerprint density at radius 2 is 2.06 bits per heavy atom. The first-order chi connectivity index (χ1) is 16.0. The molecule has 0 saturated heterocycles. The third-order valence-corrected chi connectivity index (χ3v) is 6.85. The van der Waals surface area contributed by atoms with E-state index >= 15 is 0 Å². The second-order valence-electron chi connectivity index (χ2n) is 9.16. The average molecular weight is 453 g/mol. The van der Waals surface area contributed by atoms with Gasteiger partial charge in [0.25, 0.3) is 0 Å². The number of carboxylic acid groups (broad SMARTS) is 1. The minimum absolute atomic E-state index is 0.254. The molecule has 8 nitrogen and oxygen atoms in total. The summed E-state index contributed by atoms with van der Waals surface area (Å²) >= 11 is 0. The summed E-state index contributed by atoms with van der Waals surface area (Å²) in [5.41, 5.74) is 2.90. The molecule has 2 aromatic rings. The van der Waals surface area contributed by atoms with E-state index in [4.69, 9.17) is 15.1 Å². The van der Waals surface area contributed by atoms with Gasteiger partial charge < -0.3 is 25.0 Å². The highest BCUT2D eigenvalue weighted by molar-refractivity contribution is 5.90. The van der Waals surface area contributed by atoms with Crippen LogP contribution in [0.15, 0.2) is 18.2 Å². The molecule has 2 fully saturated rings. The summed E-state index contributed by atoms with van der Waals surface area (Å²) in [6.07, 6.45) is 6.94. The van der Waals surface area contributed by atoms with Crippen molar-refractivity contribution in [3.63, 3.8) is 0 Å². The molecule has 1 aromatic carbocycles. The summed E-state index contributed by atoms with van der Waals surface area (Å²) in [6, 6.07) is 8.09. The van der Waals surface area contributed by atoms with E-state index in [1.807, 2.05) is 25.1 Å². The molecule has 3 aliphatic rings. The molecule has 1 aliphatic heterocycles. The van der Waals surface area contributed by atoms with Crippen molar-refractivity contribution in [2.75, 3.05) is 13.2 Å². The molecule has 176 valence electrons. The fourth-order valence-electron chi connectivity index (χ4n) is 4.88. The lowest BCUT2D eigenvalue weighted by atomic mass is 9.87. The van der Waals surface area contributed by atoms with Gasteiger partial charge in [0.15, 0.2) is 0 Å². The van der Waals surface area contributed by atoms with Crippen molar-refractivity contribution in [2.24, 2.45) is 5.92 Å².